The van der Waals surface area contributed by atoms with Crippen molar-refractivity contribution in [3.8, 4) is 0 Å². The van der Waals surface area contributed by atoms with Crippen LogP contribution in [0.2, 0.25) is 0 Å². The molecule has 1 amide bonds. The lowest BCUT2D eigenvalue weighted by Crippen LogP contribution is -2.14. The van der Waals surface area contributed by atoms with E-state index in [0.717, 1.165) is 12.8 Å². The summed E-state index contributed by atoms with van der Waals surface area (Å²) in [4.78, 5) is 41.2. The SMILES string of the molecule is CCCCCCCC/C=C\CCCCCCCC(=O)O.NC(=O)CO.O=P(O)(O)O. The Hall–Kier alpha value is -1.25. The zero-order valence-corrected chi connectivity index (χ0v) is 19.1. The van der Waals surface area contributed by atoms with Crippen LogP contribution < -0.4 is 5.73 Å². The van der Waals surface area contributed by atoms with Gasteiger partial charge in [-0.3, -0.25) is 9.59 Å². The molecule has 0 aromatic rings. The van der Waals surface area contributed by atoms with Gasteiger partial charge in [-0.15, -0.1) is 0 Å². The number of primary amides is 1. The van der Waals surface area contributed by atoms with Gasteiger partial charge in [0.15, 0.2) is 0 Å². The lowest BCUT2D eigenvalue weighted by molar-refractivity contribution is -0.137. The van der Waals surface area contributed by atoms with Gasteiger partial charge >= 0.3 is 13.8 Å². The van der Waals surface area contributed by atoms with Crippen molar-refractivity contribution >= 4 is 19.7 Å². The number of nitrogens with two attached hydrogens (primary N) is 1. The van der Waals surface area contributed by atoms with Gasteiger partial charge in [0.25, 0.3) is 0 Å². The first kappa shape index (κ1) is 33.4. The van der Waals surface area contributed by atoms with Crippen LogP contribution in [0, 0.1) is 0 Å². The van der Waals surface area contributed by atoms with E-state index in [1.54, 1.807) is 0 Å². The van der Waals surface area contributed by atoms with Gasteiger partial charge in [0.05, 0.1) is 0 Å². The number of carboxylic acid groups (broad SMARTS) is 1. The van der Waals surface area contributed by atoms with Crippen molar-refractivity contribution in [2.75, 3.05) is 6.61 Å². The fourth-order valence-corrected chi connectivity index (χ4v) is 2.35. The van der Waals surface area contributed by atoms with Gasteiger partial charge < -0.3 is 30.6 Å². The maximum absolute atomic E-state index is 10.3. The van der Waals surface area contributed by atoms with Crippen molar-refractivity contribution in [2.24, 2.45) is 5.73 Å². The first-order chi connectivity index (χ1) is 14.0. The highest BCUT2D eigenvalue weighted by Crippen LogP contribution is 2.25. The molecule has 0 spiro atoms. The molecule has 0 fully saturated rings. The number of unbranched alkanes of at least 4 members (excludes halogenated alkanes) is 11. The molecule has 0 aromatic heterocycles. The van der Waals surface area contributed by atoms with Crippen molar-refractivity contribution in [1.29, 1.82) is 0 Å². The standard InChI is InChI=1S/C18H34O2.C2H5NO2.H3O4P/c1-2-3-4-5-6-7-8-9-10-11-12-13-14-15-16-17-18(19)20;3-2(5)1-4;1-5(2,3)4/h9-10H,2-8,11-17H2,1H3,(H,19,20);4H,1H2,(H2,3,5);(H3,1,2,3,4)/b10-9-;;. The number of carbonyl (C=O) groups is 2. The Kier molecular flexibility index (Phi) is 28.7. The van der Waals surface area contributed by atoms with Gasteiger partial charge in [-0.25, -0.2) is 4.57 Å². The van der Waals surface area contributed by atoms with Gasteiger partial charge in [-0.05, 0) is 32.1 Å². The Balaban J connectivity index is -0.000000599. The summed E-state index contributed by atoms with van der Waals surface area (Å²) < 4.78 is 8.88. The van der Waals surface area contributed by atoms with Crippen LogP contribution in [-0.2, 0) is 14.2 Å². The fourth-order valence-electron chi connectivity index (χ4n) is 2.35. The van der Waals surface area contributed by atoms with E-state index in [0.29, 0.717) is 6.42 Å². The molecule has 0 saturated heterocycles. The summed E-state index contributed by atoms with van der Waals surface area (Å²) >= 11 is 0. The average Bonchev–Trinajstić information content (AvgIpc) is 2.63. The van der Waals surface area contributed by atoms with Gasteiger partial charge in [0.2, 0.25) is 5.91 Å². The number of carboxylic acids is 1. The molecule has 0 aliphatic rings. The number of aliphatic carboxylic acids is 1. The van der Waals surface area contributed by atoms with Gasteiger partial charge in [-0.2, -0.15) is 0 Å². The Morgan fingerprint density at radius 3 is 1.47 bits per heavy atom. The van der Waals surface area contributed by atoms with E-state index >= 15 is 0 Å². The highest BCUT2D eigenvalue weighted by Gasteiger charge is 2.00. The highest BCUT2D eigenvalue weighted by atomic mass is 31.2. The molecule has 180 valence electrons. The minimum atomic E-state index is -4.64. The summed E-state index contributed by atoms with van der Waals surface area (Å²) in [5.74, 6) is -1.35. The molecular weight excluding hydrogens is 413 g/mol. The first-order valence-electron chi connectivity index (χ1n) is 10.6. The Morgan fingerprint density at radius 2 is 1.13 bits per heavy atom. The zero-order valence-electron chi connectivity index (χ0n) is 18.2. The lowest BCUT2D eigenvalue weighted by atomic mass is 10.1. The summed E-state index contributed by atoms with van der Waals surface area (Å²) in [6.07, 6.45) is 21.2. The highest BCUT2D eigenvalue weighted by molar-refractivity contribution is 7.45. The number of hydrogen-bond acceptors (Lipinski definition) is 4. The molecule has 0 aliphatic heterocycles. The summed E-state index contributed by atoms with van der Waals surface area (Å²) in [5.41, 5.74) is 4.40. The van der Waals surface area contributed by atoms with Crippen LogP contribution in [0.15, 0.2) is 12.2 Å². The summed E-state index contributed by atoms with van der Waals surface area (Å²) in [5, 5.41) is 16.2. The number of phosphoric acid groups is 1. The molecule has 0 unspecified atom stereocenters. The Bertz CT molecular complexity index is 457. The minimum Gasteiger partial charge on any atom is -0.481 e. The number of carbonyl (C=O) groups excluding carboxylic acids is 1. The monoisotopic (exact) mass is 455 g/mol. The summed E-state index contributed by atoms with van der Waals surface area (Å²) in [7, 11) is -4.64. The van der Waals surface area contributed by atoms with Gasteiger partial charge in [-0.1, -0.05) is 70.4 Å². The van der Waals surface area contributed by atoms with Crippen LogP contribution in [0.1, 0.15) is 96.8 Å². The minimum absolute atomic E-state index is 0.332. The van der Waals surface area contributed by atoms with Crippen LogP contribution >= 0.6 is 7.82 Å². The van der Waals surface area contributed by atoms with Crippen LogP contribution in [0.3, 0.4) is 0 Å². The molecule has 10 heteroatoms. The number of aliphatic hydroxyl groups excluding tert-OH is 1. The normalized spacial score (nSPS) is 10.7. The third-order valence-corrected chi connectivity index (χ3v) is 3.81. The number of amides is 1. The molecule has 0 heterocycles. The van der Waals surface area contributed by atoms with E-state index < -0.39 is 26.3 Å². The predicted molar refractivity (Wildman–Crippen MR) is 118 cm³/mol. The molecule has 0 rings (SSSR count). The largest absolute Gasteiger partial charge is 0.481 e. The van der Waals surface area contributed by atoms with Crippen molar-refractivity contribution in [2.45, 2.75) is 96.8 Å². The lowest BCUT2D eigenvalue weighted by Gasteiger charge is -1.99. The van der Waals surface area contributed by atoms with Crippen LogP contribution in [0.5, 0.6) is 0 Å². The number of hydrogen-bond donors (Lipinski definition) is 6. The van der Waals surface area contributed by atoms with Crippen molar-refractivity contribution in [1.82, 2.24) is 0 Å². The number of allylic oxidation sites excluding steroid dienone is 2. The number of rotatable bonds is 16. The molecule has 7 N–H and O–H groups in total. The smallest absolute Gasteiger partial charge is 0.466 e. The second-order valence-corrected chi connectivity index (χ2v) is 7.89. The zero-order chi connectivity index (χ0) is 23.7. The van der Waals surface area contributed by atoms with Crippen molar-refractivity contribution < 1.29 is 39.0 Å². The summed E-state index contributed by atoms with van der Waals surface area (Å²) in [6.45, 7) is 1.70. The maximum atomic E-state index is 10.3. The third-order valence-electron chi connectivity index (χ3n) is 3.81. The topological polar surface area (TPSA) is 178 Å². The van der Waals surface area contributed by atoms with E-state index in [2.05, 4.69) is 24.8 Å². The van der Waals surface area contributed by atoms with Crippen LogP contribution in [0.4, 0.5) is 0 Å². The van der Waals surface area contributed by atoms with E-state index in [1.165, 1.54) is 70.6 Å². The quantitative estimate of drug-likeness (QED) is 0.116. The van der Waals surface area contributed by atoms with E-state index in [9.17, 15) is 9.59 Å². The molecule has 0 bridgehead atoms. The molecule has 0 aromatic carbocycles. The third kappa shape index (κ3) is 56.3. The molecular formula is C20H42NO8P. The predicted octanol–water partition coefficient (Wildman–Crippen LogP) is 3.64. The molecule has 0 aliphatic carbocycles. The molecule has 30 heavy (non-hydrogen) atoms. The molecule has 0 radical (unpaired) electrons. The maximum Gasteiger partial charge on any atom is 0.466 e. The molecule has 0 saturated carbocycles. The van der Waals surface area contributed by atoms with Gasteiger partial charge in [0, 0.05) is 6.42 Å². The van der Waals surface area contributed by atoms with Gasteiger partial charge in [0.1, 0.15) is 6.61 Å². The molecule has 0 atom stereocenters. The van der Waals surface area contributed by atoms with Crippen molar-refractivity contribution in [3.05, 3.63) is 12.2 Å². The Morgan fingerprint density at radius 1 is 0.800 bits per heavy atom. The summed E-state index contributed by atoms with van der Waals surface area (Å²) in [6, 6.07) is 0. The second-order valence-electron chi connectivity index (χ2n) is 6.87. The first-order valence-corrected chi connectivity index (χ1v) is 12.1. The van der Waals surface area contributed by atoms with Crippen LogP contribution in [0.25, 0.3) is 0 Å². The second kappa shape index (κ2) is 25.8. The fraction of sp³-hybridized carbons (Fsp3) is 0.800. The molecule has 9 nitrogen and oxygen atoms in total. The number of aliphatic hydroxyl groups is 1. The van der Waals surface area contributed by atoms with E-state index in [1.807, 2.05) is 0 Å². The Labute approximate surface area is 180 Å². The van der Waals surface area contributed by atoms with Crippen molar-refractivity contribution in [3.63, 3.8) is 0 Å². The van der Waals surface area contributed by atoms with E-state index in [4.69, 9.17) is 29.5 Å². The average molecular weight is 456 g/mol. The van der Waals surface area contributed by atoms with E-state index in [-0.39, 0.29) is 0 Å². The van der Waals surface area contributed by atoms with Crippen LogP contribution in [-0.4, -0.2) is 43.4 Å².